The quantitative estimate of drug-likeness (QED) is 0.709. The SMILES string of the molecule is CCCCC(C)(CCC)C(C)(N)C#N. The monoisotopic (exact) mass is 196 g/mol. The minimum absolute atomic E-state index is 0.0352. The Hall–Kier alpha value is -0.550. The van der Waals surface area contributed by atoms with Crippen LogP contribution in [0.15, 0.2) is 0 Å². The summed E-state index contributed by atoms with van der Waals surface area (Å²) in [5, 5.41) is 9.08. The maximum Gasteiger partial charge on any atom is 0.106 e. The second-order valence-corrected chi connectivity index (χ2v) is 4.73. The maximum absolute atomic E-state index is 9.08. The number of hydrogen-bond donors (Lipinski definition) is 1. The minimum atomic E-state index is -0.696. The van der Waals surface area contributed by atoms with Crippen molar-refractivity contribution in [2.75, 3.05) is 0 Å². The Labute approximate surface area is 88.5 Å². The summed E-state index contributed by atoms with van der Waals surface area (Å²) in [6, 6.07) is 2.25. The van der Waals surface area contributed by atoms with Gasteiger partial charge in [0.2, 0.25) is 0 Å². The topological polar surface area (TPSA) is 49.8 Å². The molecule has 0 spiro atoms. The zero-order valence-electron chi connectivity index (χ0n) is 10.1. The Balaban J connectivity index is 4.63. The van der Waals surface area contributed by atoms with Gasteiger partial charge in [-0.15, -0.1) is 0 Å². The standard InChI is InChI=1S/C12H24N2/c1-5-7-9-11(3,8-6-2)12(4,14)10-13/h5-9,14H2,1-4H3. The third-order valence-electron chi connectivity index (χ3n) is 3.37. The lowest BCUT2D eigenvalue weighted by Gasteiger charge is -2.39. The highest BCUT2D eigenvalue weighted by molar-refractivity contribution is 5.11. The molecule has 0 aromatic rings. The number of nitrogens with two attached hydrogens (primary N) is 1. The van der Waals surface area contributed by atoms with E-state index in [1.165, 1.54) is 6.42 Å². The molecule has 0 fully saturated rings. The predicted molar refractivity (Wildman–Crippen MR) is 60.7 cm³/mol. The van der Waals surface area contributed by atoms with E-state index >= 15 is 0 Å². The van der Waals surface area contributed by atoms with Crippen LogP contribution in [0.1, 0.15) is 59.8 Å². The predicted octanol–water partition coefficient (Wildman–Crippen LogP) is 3.22. The lowest BCUT2D eigenvalue weighted by Crippen LogP contribution is -2.50. The van der Waals surface area contributed by atoms with Crippen LogP contribution in [0, 0.1) is 16.7 Å². The van der Waals surface area contributed by atoms with Gasteiger partial charge in [0, 0.05) is 0 Å². The van der Waals surface area contributed by atoms with Crippen molar-refractivity contribution in [2.45, 2.75) is 65.3 Å². The first-order valence-corrected chi connectivity index (χ1v) is 5.63. The molecule has 2 atom stereocenters. The summed E-state index contributed by atoms with van der Waals surface area (Å²) in [5.74, 6) is 0. The van der Waals surface area contributed by atoms with Crippen LogP contribution in [0.2, 0.25) is 0 Å². The molecule has 0 rings (SSSR count). The van der Waals surface area contributed by atoms with E-state index in [0.717, 1.165) is 25.7 Å². The first-order valence-electron chi connectivity index (χ1n) is 5.63. The van der Waals surface area contributed by atoms with E-state index in [1.54, 1.807) is 0 Å². The molecule has 2 heteroatoms. The number of hydrogen-bond acceptors (Lipinski definition) is 2. The molecule has 82 valence electrons. The van der Waals surface area contributed by atoms with Crippen molar-refractivity contribution in [1.29, 1.82) is 5.26 Å². The van der Waals surface area contributed by atoms with Gasteiger partial charge in [-0.3, -0.25) is 0 Å². The minimum Gasteiger partial charge on any atom is -0.313 e. The number of rotatable bonds is 6. The summed E-state index contributed by atoms with van der Waals surface area (Å²) in [6.07, 6.45) is 5.51. The number of nitrogens with zero attached hydrogens (tertiary/aromatic N) is 1. The first-order chi connectivity index (χ1) is 6.43. The summed E-state index contributed by atoms with van der Waals surface area (Å²) < 4.78 is 0. The molecule has 0 aromatic carbocycles. The molecule has 0 saturated heterocycles. The van der Waals surface area contributed by atoms with Crippen molar-refractivity contribution in [3.63, 3.8) is 0 Å². The molecule has 0 aliphatic heterocycles. The summed E-state index contributed by atoms with van der Waals surface area (Å²) in [6.45, 7) is 8.33. The number of unbranched alkanes of at least 4 members (excludes halogenated alkanes) is 1. The summed E-state index contributed by atoms with van der Waals surface area (Å²) in [4.78, 5) is 0. The number of nitriles is 1. The van der Waals surface area contributed by atoms with Crippen LogP contribution >= 0.6 is 0 Å². The Morgan fingerprint density at radius 3 is 2.07 bits per heavy atom. The third kappa shape index (κ3) is 2.99. The highest BCUT2D eigenvalue weighted by atomic mass is 14.8. The Bertz CT molecular complexity index is 203. The smallest absolute Gasteiger partial charge is 0.106 e. The van der Waals surface area contributed by atoms with Crippen molar-refractivity contribution in [3.05, 3.63) is 0 Å². The van der Waals surface area contributed by atoms with Crippen LogP contribution in [-0.2, 0) is 0 Å². The van der Waals surface area contributed by atoms with E-state index in [-0.39, 0.29) is 5.41 Å². The van der Waals surface area contributed by atoms with Crippen molar-refractivity contribution >= 4 is 0 Å². The zero-order chi connectivity index (χ0) is 11.2. The maximum atomic E-state index is 9.08. The average Bonchev–Trinajstić information content (AvgIpc) is 2.15. The fourth-order valence-electron chi connectivity index (χ4n) is 1.90. The lowest BCUT2D eigenvalue weighted by atomic mass is 9.67. The molecule has 0 amide bonds. The Morgan fingerprint density at radius 2 is 1.71 bits per heavy atom. The normalized spacial score (nSPS) is 19.4. The van der Waals surface area contributed by atoms with Crippen molar-refractivity contribution in [2.24, 2.45) is 11.1 Å². The molecule has 0 aliphatic carbocycles. The Kier molecular flexibility index (Phi) is 5.15. The summed E-state index contributed by atoms with van der Waals surface area (Å²) in [7, 11) is 0. The van der Waals surface area contributed by atoms with Crippen LogP contribution in [0.5, 0.6) is 0 Å². The van der Waals surface area contributed by atoms with E-state index in [9.17, 15) is 0 Å². The van der Waals surface area contributed by atoms with E-state index in [4.69, 9.17) is 11.0 Å². The molecule has 0 bridgehead atoms. The molecule has 14 heavy (non-hydrogen) atoms. The highest BCUT2D eigenvalue weighted by Gasteiger charge is 2.40. The largest absolute Gasteiger partial charge is 0.313 e. The average molecular weight is 196 g/mol. The summed E-state index contributed by atoms with van der Waals surface area (Å²) in [5.41, 5.74) is 5.33. The van der Waals surface area contributed by atoms with Crippen LogP contribution in [0.4, 0.5) is 0 Å². The lowest BCUT2D eigenvalue weighted by molar-refractivity contribution is 0.167. The van der Waals surface area contributed by atoms with Gasteiger partial charge in [-0.05, 0) is 25.2 Å². The van der Waals surface area contributed by atoms with E-state index < -0.39 is 5.54 Å². The molecule has 2 nitrogen and oxygen atoms in total. The second kappa shape index (κ2) is 5.36. The second-order valence-electron chi connectivity index (χ2n) is 4.73. The van der Waals surface area contributed by atoms with Gasteiger partial charge in [-0.25, -0.2) is 0 Å². The molecule has 0 aliphatic rings. The van der Waals surface area contributed by atoms with Crippen LogP contribution < -0.4 is 5.73 Å². The van der Waals surface area contributed by atoms with Gasteiger partial charge in [0.05, 0.1) is 6.07 Å². The van der Waals surface area contributed by atoms with Crippen molar-refractivity contribution < 1.29 is 0 Å². The van der Waals surface area contributed by atoms with Gasteiger partial charge in [0.15, 0.2) is 0 Å². The van der Waals surface area contributed by atoms with E-state index in [1.807, 2.05) is 6.92 Å². The molecular weight excluding hydrogens is 172 g/mol. The zero-order valence-corrected chi connectivity index (χ0v) is 10.1. The molecule has 0 aromatic heterocycles. The van der Waals surface area contributed by atoms with Crippen molar-refractivity contribution in [1.82, 2.24) is 0 Å². The van der Waals surface area contributed by atoms with Gasteiger partial charge in [-0.1, -0.05) is 40.0 Å². The molecule has 2 unspecified atom stereocenters. The Morgan fingerprint density at radius 1 is 1.14 bits per heavy atom. The highest BCUT2D eigenvalue weighted by Crippen LogP contribution is 2.38. The van der Waals surface area contributed by atoms with Gasteiger partial charge in [-0.2, -0.15) is 5.26 Å². The molecule has 0 saturated carbocycles. The summed E-state index contributed by atoms with van der Waals surface area (Å²) >= 11 is 0. The fraction of sp³-hybridized carbons (Fsp3) is 0.917. The molecular formula is C12H24N2. The van der Waals surface area contributed by atoms with Crippen LogP contribution in [0.25, 0.3) is 0 Å². The molecule has 0 radical (unpaired) electrons. The van der Waals surface area contributed by atoms with E-state index in [2.05, 4.69) is 26.8 Å². The first kappa shape index (κ1) is 13.4. The molecule has 2 N–H and O–H groups in total. The third-order valence-corrected chi connectivity index (χ3v) is 3.37. The van der Waals surface area contributed by atoms with Gasteiger partial charge in [0.25, 0.3) is 0 Å². The van der Waals surface area contributed by atoms with Crippen LogP contribution in [-0.4, -0.2) is 5.54 Å². The van der Waals surface area contributed by atoms with Crippen LogP contribution in [0.3, 0.4) is 0 Å². The van der Waals surface area contributed by atoms with Gasteiger partial charge >= 0.3 is 0 Å². The van der Waals surface area contributed by atoms with E-state index in [0.29, 0.717) is 0 Å². The molecule has 0 heterocycles. The fourth-order valence-corrected chi connectivity index (χ4v) is 1.90. The van der Waals surface area contributed by atoms with Gasteiger partial charge in [0.1, 0.15) is 5.54 Å². The van der Waals surface area contributed by atoms with Gasteiger partial charge < -0.3 is 5.73 Å². The van der Waals surface area contributed by atoms with Crippen molar-refractivity contribution in [3.8, 4) is 6.07 Å².